The highest BCUT2D eigenvalue weighted by atomic mass is 35.5. The van der Waals surface area contributed by atoms with Crippen LogP contribution in [0, 0.1) is 0 Å². The van der Waals surface area contributed by atoms with E-state index >= 15 is 0 Å². The topological polar surface area (TPSA) is 43.4 Å². The van der Waals surface area contributed by atoms with Gasteiger partial charge in [-0.2, -0.15) is 8.42 Å². The summed E-state index contributed by atoms with van der Waals surface area (Å²) in [7, 11) is -1.29. The van der Waals surface area contributed by atoms with E-state index < -0.39 is 10.1 Å². The molecule has 1 unspecified atom stereocenters. The summed E-state index contributed by atoms with van der Waals surface area (Å²) >= 11 is 6.03. The second-order valence-electron chi connectivity index (χ2n) is 6.63. The van der Waals surface area contributed by atoms with E-state index in [1.54, 1.807) is 0 Å². The van der Waals surface area contributed by atoms with E-state index in [-0.39, 0.29) is 12.1 Å². The van der Waals surface area contributed by atoms with Crippen LogP contribution in [0.15, 0.2) is 54.6 Å². The van der Waals surface area contributed by atoms with Crippen molar-refractivity contribution < 1.29 is 17.1 Å². The van der Waals surface area contributed by atoms with Gasteiger partial charge in [0.15, 0.2) is 6.10 Å². The molecule has 0 aliphatic carbocycles. The van der Waals surface area contributed by atoms with Gasteiger partial charge in [-0.1, -0.05) is 54.1 Å². The quantitative estimate of drug-likeness (QED) is 0.602. The maximum Gasteiger partial charge on any atom is 0.265 e. The summed E-state index contributed by atoms with van der Waals surface area (Å²) in [5, 5.41) is 0.704. The Balaban J connectivity index is 1.90. The van der Waals surface area contributed by atoms with Gasteiger partial charge >= 0.3 is 0 Å². The summed E-state index contributed by atoms with van der Waals surface area (Å²) in [6.45, 7) is 1.30. The lowest BCUT2D eigenvalue weighted by atomic mass is 9.91. The minimum Gasteiger partial charge on any atom is -0.311 e. The monoisotopic (exact) mass is 366 g/mol. The molecule has 1 aliphatic rings. The number of hydrogen-bond donors (Lipinski definition) is 0. The first kappa shape index (κ1) is 17.4. The van der Waals surface area contributed by atoms with Gasteiger partial charge in [-0.05, 0) is 12.1 Å². The van der Waals surface area contributed by atoms with Gasteiger partial charge in [-0.3, -0.25) is 4.18 Å². The molecule has 128 valence electrons. The lowest BCUT2D eigenvalue weighted by molar-refractivity contribution is -0.976. The van der Waals surface area contributed by atoms with Gasteiger partial charge in [0.05, 0.1) is 13.3 Å². The number of likely N-dealkylation sites (tertiary alicyclic amines) is 1. The van der Waals surface area contributed by atoms with Crippen molar-refractivity contribution in [2.45, 2.75) is 12.1 Å². The van der Waals surface area contributed by atoms with E-state index in [2.05, 4.69) is 19.2 Å². The van der Waals surface area contributed by atoms with Gasteiger partial charge in [0, 0.05) is 16.1 Å². The first-order chi connectivity index (χ1) is 11.3. The largest absolute Gasteiger partial charge is 0.311 e. The summed E-state index contributed by atoms with van der Waals surface area (Å²) in [5.74, 6) is 0. The Morgan fingerprint density at radius 2 is 1.58 bits per heavy atom. The molecule has 0 amide bonds. The summed E-state index contributed by atoms with van der Waals surface area (Å²) < 4.78 is 28.5. The molecule has 0 spiro atoms. The molecule has 2 aromatic carbocycles. The summed E-state index contributed by atoms with van der Waals surface area (Å²) in [5.41, 5.74) is 2.35. The highest BCUT2D eigenvalue weighted by molar-refractivity contribution is 7.86. The van der Waals surface area contributed by atoms with Crippen LogP contribution < -0.4 is 0 Å². The molecule has 4 nitrogen and oxygen atoms in total. The summed E-state index contributed by atoms with van der Waals surface area (Å²) in [4.78, 5) is 0. The lowest BCUT2D eigenvalue weighted by Crippen LogP contribution is -2.66. The zero-order valence-corrected chi connectivity index (χ0v) is 15.3. The van der Waals surface area contributed by atoms with Crippen LogP contribution in [0.2, 0.25) is 5.02 Å². The molecule has 1 atom stereocenters. The number of quaternary nitrogens is 1. The minimum atomic E-state index is -3.42. The number of hydrogen-bond acceptors (Lipinski definition) is 3. The van der Waals surface area contributed by atoms with Crippen molar-refractivity contribution in [2.75, 3.05) is 26.4 Å². The highest BCUT2D eigenvalue weighted by Gasteiger charge is 2.49. The van der Waals surface area contributed by atoms with Crippen molar-refractivity contribution >= 4 is 21.7 Å². The van der Waals surface area contributed by atoms with Gasteiger partial charge in [0.1, 0.15) is 19.1 Å². The van der Waals surface area contributed by atoms with Crippen LogP contribution in [-0.2, 0) is 14.3 Å². The van der Waals surface area contributed by atoms with E-state index in [1.807, 2.05) is 42.5 Å². The van der Waals surface area contributed by atoms with Crippen molar-refractivity contribution in [3.05, 3.63) is 70.7 Å². The van der Waals surface area contributed by atoms with E-state index in [9.17, 15) is 8.42 Å². The molecule has 1 aliphatic heterocycles. The van der Waals surface area contributed by atoms with Gasteiger partial charge in [-0.25, -0.2) is 0 Å². The molecule has 0 saturated carbocycles. The van der Waals surface area contributed by atoms with Crippen molar-refractivity contribution in [1.82, 2.24) is 0 Å². The average molecular weight is 367 g/mol. The third kappa shape index (κ3) is 3.81. The predicted octanol–water partition coefficient (Wildman–Crippen LogP) is 3.23. The summed E-state index contributed by atoms with van der Waals surface area (Å²) in [6, 6.07) is 18.2. The molecule has 2 aromatic rings. The van der Waals surface area contributed by atoms with Crippen LogP contribution in [0.5, 0.6) is 0 Å². The van der Waals surface area contributed by atoms with Crippen molar-refractivity contribution in [2.24, 2.45) is 0 Å². The first-order valence-electron chi connectivity index (χ1n) is 7.80. The Morgan fingerprint density at radius 3 is 2.12 bits per heavy atom. The Morgan fingerprint density at radius 1 is 1.04 bits per heavy atom. The number of benzene rings is 2. The van der Waals surface area contributed by atoms with Crippen molar-refractivity contribution in [3.63, 3.8) is 0 Å². The van der Waals surface area contributed by atoms with Crippen LogP contribution in [0.25, 0.3) is 0 Å². The highest BCUT2D eigenvalue weighted by Crippen LogP contribution is 2.39. The Kier molecular flexibility index (Phi) is 4.71. The number of rotatable bonds is 5. The first-order valence-corrected chi connectivity index (χ1v) is 9.99. The van der Waals surface area contributed by atoms with Crippen LogP contribution in [-0.4, -0.2) is 45.4 Å². The molecule has 6 heteroatoms. The molecule has 3 rings (SSSR count). The summed E-state index contributed by atoms with van der Waals surface area (Å²) in [6.07, 6.45) is 0.840. The predicted molar refractivity (Wildman–Crippen MR) is 95.4 cm³/mol. The van der Waals surface area contributed by atoms with Crippen molar-refractivity contribution in [1.29, 1.82) is 0 Å². The van der Waals surface area contributed by atoms with Crippen molar-refractivity contribution in [3.8, 4) is 0 Å². The van der Waals surface area contributed by atoms with Crippen LogP contribution in [0.3, 0.4) is 0 Å². The van der Waals surface area contributed by atoms with Gasteiger partial charge in [0.25, 0.3) is 10.1 Å². The standard InChI is InChI=1S/C18H21ClNO3S/c1-20(12-17(13-20)23-24(2,21)22)18(14-6-4-3-5-7-14)15-8-10-16(19)11-9-15/h3-11,17-18H,12-13H2,1-2H3/q+1. The van der Waals surface area contributed by atoms with E-state index in [4.69, 9.17) is 15.8 Å². The molecule has 1 heterocycles. The van der Waals surface area contributed by atoms with E-state index in [1.165, 1.54) is 5.56 Å². The SMILES string of the molecule is C[N+]1(C(c2ccccc2)c2ccc(Cl)cc2)CC(OS(C)(=O)=O)C1. The molecular weight excluding hydrogens is 346 g/mol. The Hall–Kier alpha value is -1.40. The lowest BCUT2D eigenvalue weighted by Gasteiger charge is -2.51. The fourth-order valence-corrected chi connectivity index (χ4v) is 4.33. The molecule has 1 saturated heterocycles. The number of likely N-dealkylation sites (N-methyl/N-ethyl adjacent to an activating group) is 1. The van der Waals surface area contributed by atoms with E-state index in [0.717, 1.165) is 11.8 Å². The average Bonchev–Trinajstić information content (AvgIpc) is 2.47. The maximum atomic E-state index is 11.3. The Labute approximate surface area is 148 Å². The molecule has 0 radical (unpaired) electrons. The second kappa shape index (κ2) is 6.48. The third-order valence-corrected chi connectivity index (χ3v) is 5.35. The smallest absolute Gasteiger partial charge is 0.265 e. The molecular formula is C18H21ClNO3S+. The van der Waals surface area contributed by atoms with Gasteiger partial charge in [-0.15, -0.1) is 0 Å². The fourth-order valence-electron chi connectivity index (χ4n) is 3.59. The molecule has 0 N–H and O–H groups in total. The maximum absolute atomic E-state index is 11.3. The molecule has 24 heavy (non-hydrogen) atoms. The normalized spacial score (nSPS) is 25.0. The van der Waals surface area contributed by atoms with Gasteiger partial charge < -0.3 is 4.48 Å². The third-order valence-electron chi connectivity index (χ3n) is 4.48. The minimum absolute atomic E-state index is 0.114. The van der Waals surface area contributed by atoms with Crippen LogP contribution >= 0.6 is 11.6 Å². The van der Waals surface area contributed by atoms with Crippen LogP contribution in [0.4, 0.5) is 0 Å². The van der Waals surface area contributed by atoms with Gasteiger partial charge in [0.2, 0.25) is 0 Å². The zero-order valence-electron chi connectivity index (χ0n) is 13.7. The molecule has 1 fully saturated rings. The Bertz CT molecular complexity index is 800. The zero-order chi connectivity index (χ0) is 17.4. The van der Waals surface area contributed by atoms with Crippen LogP contribution in [0.1, 0.15) is 17.2 Å². The molecule has 0 aromatic heterocycles. The molecule has 0 bridgehead atoms. The van der Waals surface area contributed by atoms with E-state index in [0.29, 0.717) is 22.6 Å². The number of halogens is 1. The second-order valence-corrected chi connectivity index (χ2v) is 8.67. The fraction of sp³-hybridized carbons (Fsp3) is 0.333. The number of nitrogens with zero attached hydrogens (tertiary/aromatic N) is 1.